The Morgan fingerprint density at radius 2 is 1.87 bits per heavy atom. The number of aliphatic hydroxyl groups excluding tert-OH is 1. The number of halogens is 2. The molecule has 0 aliphatic heterocycles. The maximum Gasteiger partial charge on any atom is 0.289 e. The zero-order valence-corrected chi connectivity index (χ0v) is 7.69. The molecule has 1 aromatic carbocycles. The predicted molar refractivity (Wildman–Crippen MR) is 48.7 cm³/mol. The van der Waals surface area contributed by atoms with Crippen LogP contribution in [0.5, 0.6) is 11.5 Å². The highest BCUT2D eigenvalue weighted by Gasteiger charge is 2.37. The molecule has 0 aliphatic carbocycles. The Morgan fingerprint density at radius 1 is 1.27 bits per heavy atom. The number of nitrogens with two attached hydrogens (primary N) is 1. The molecule has 0 spiro atoms. The van der Waals surface area contributed by atoms with Gasteiger partial charge >= 0.3 is 0 Å². The summed E-state index contributed by atoms with van der Waals surface area (Å²) in [4.78, 5) is 0. The molecule has 1 atom stereocenters. The van der Waals surface area contributed by atoms with E-state index in [0.717, 1.165) is 18.2 Å². The number of phenols is 2. The van der Waals surface area contributed by atoms with Gasteiger partial charge in [-0.25, -0.2) is 8.78 Å². The topological polar surface area (TPSA) is 86.7 Å². The number of hydrogen-bond acceptors (Lipinski definition) is 4. The predicted octanol–water partition coefficient (Wildman–Crippen LogP) is 0.725. The van der Waals surface area contributed by atoms with Gasteiger partial charge in [0.25, 0.3) is 5.92 Å². The van der Waals surface area contributed by atoms with E-state index in [2.05, 4.69) is 0 Å². The van der Waals surface area contributed by atoms with Crippen LogP contribution in [0.4, 0.5) is 8.78 Å². The van der Waals surface area contributed by atoms with Gasteiger partial charge in [-0.2, -0.15) is 0 Å². The van der Waals surface area contributed by atoms with Gasteiger partial charge in [0.15, 0.2) is 11.5 Å². The van der Waals surface area contributed by atoms with Crippen LogP contribution in [-0.2, 0) is 0 Å². The average molecular weight is 219 g/mol. The first kappa shape index (κ1) is 11.7. The van der Waals surface area contributed by atoms with Crippen molar-refractivity contribution in [3.8, 4) is 11.5 Å². The van der Waals surface area contributed by atoms with Gasteiger partial charge in [0.2, 0.25) is 0 Å². The number of aromatic hydroxyl groups is 2. The van der Waals surface area contributed by atoms with Gasteiger partial charge in [-0.05, 0) is 17.7 Å². The van der Waals surface area contributed by atoms with Crippen molar-refractivity contribution in [2.24, 2.45) is 5.73 Å². The molecule has 0 aromatic heterocycles. The van der Waals surface area contributed by atoms with E-state index in [0.29, 0.717) is 0 Å². The highest BCUT2D eigenvalue weighted by molar-refractivity contribution is 5.41. The van der Waals surface area contributed by atoms with Crippen LogP contribution in [0, 0.1) is 0 Å². The molecule has 0 heterocycles. The molecule has 4 nitrogen and oxygen atoms in total. The number of benzene rings is 1. The molecule has 1 rings (SSSR count). The summed E-state index contributed by atoms with van der Waals surface area (Å²) < 4.78 is 25.9. The summed E-state index contributed by atoms with van der Waals surface area (Å²) in [5, 5.41) is 26.4. The Balaban J connectivity index is 3.02. The maximum absolute atomic E-state index is 12.9. The van der Waals surface area contributed by atoms with Crippen molar-refractivity contribution in [2.75, 3.05) is 6.61 Å². The molecule has 0 saturated heterocycles. The molecule has 1 aromatic rings. The number of phenolic OH excluding ortho intramolecular Hbond substituents is 2. The van der Waals surface area contributed by atoms with E-state index < -0.39 is 30.1 Å². The first-order chi connectivity index (χ1) is 6.88. The maximum atomic E-state index is 12.9. The largest absolute Gasteiger partial charge is 0.504 e. The highest BCUT2D eigenvalue weighted by Crippen LogP contribution is 2.33. The van der Waals surface area contributed by atoms with Gasteiger partial charge < -0.3 is 21.1 Å². The molecule has 6 heteroatoms. The number of hydrogen-bond donors (Lipinski definition) is 4. The molecule has 5 N–H and O–H groups in total. The van der Waals surface area contributed by atoms with E-state index in [4.69, 9.17) is 21.1 Å². The van der Waals surface area contributed by atoms with Crippen molar-refractivity contribution >= 4 is 0 Å². The first-order valence-corrected chi connectivity index (χ1v) is 4.14. The van der Waals surface area contributed by atoms with E-state index in [1.807, 2.05) is 0 Å². The number of rotatable bonds is 3. The molecule has 0 saturated carbocycles. The zero-order chi connectivity index (χ0) is 11.6. The Kier molecular flexibility index (Phi) is 3.11. The summed E-state index contributed by atoms with van der Waals surface area (Å²) in [7, 11) is 0. The van der Waals surface area contributed by atoms with Crippen LogP contribution in [0.2, 0.25) is 0 Å². The first-order valence-electron chi connectivity index (χ1n) is 4.14. The summed E-state index contributed by atoms with van der Waals surface area (Å²) in [5.74, 6) is -4.42. The van der Waals surface area contributed by atoms with Crippen LogP contribution in [0.3, 0.4) is 0 Å². The fraction of sp³-hybridized carbons (Fsp3) is 0.333. The lowest BCUT2D eigenvalue weighted by Gasteiger charge is -2.21. The van der Waals surface area contributed by atoms with E-state index in [1.165, 1.54) is 0 Å². The fourth-order valence-electron chi connectivity index (χ4n) is 1.08. The van der Waals surface area contributed by atoms with E-state index >= 15 is 0 Å². The second-order valence-corrected chi connectivity index (χ2v) is 3.14. The number of aliphatic hydroxyl groups is 1. The molecule has 0 bridgehead atoms. The lowest BCUT2D eigenvalue weighted by molar-refractivity contribution is -0.0712. The third kappa shape index (κ3) is 2.34. The molecular weight excluding hydrogens is 208 g/mol. The summed E-state index contributed by atoms with van der Waals surface area (Å²) in [6.45, 7) is -1.38. The van der Waals surface area contributed by atoms with Crippen molar-refractivity contribution < 1.29 is 24.1 Å². The average Bonchev–Trinajstić information content (AvgIpc) is 2.21. The second kappa shape index (κ2) is 4.00. The molecule has 0 amide bonds. The van der Waals surface area contributed by atoms with Gasteiger partial charge in [-0.15, -0.1) is 0 Å². The van der Waals surface area contributed by atoms with Crippen molar-refractivity contribution in [3.63, 3.8) is 0 Å². The van der Waals surface area contributed by atoms with Crippen LogP contribution in [0.1, 0.15) is 11.6 Å². The summed E-state index contributed by atoms with van der Waals surface area (Å²) in [5.41, 5.74) is 5.13. The van der Waals surface area contributed by atoms with E-state index in [1.54, 1.807) is 0 Å². The standard InChI is InChI=1S/C9H11F2NO3/c10-9(11,4-13)8(12)5-1-2-6(14)7(15)3-5/h1-3,8,13-15H,4,12H2/t8-/m1/s1. The van der Waals surface area contributed by atoms with Crippen LogP contribution in [0.15, 0.2) is 18.2 Å². The summed E-state index contributed by atoms with van der Waals surface area (Å²) in [6.07, 6.45) is 0. The molecule has 0 unspecified atom stereocenters. The zero-order valence-electron chi connectivity index (χ0n) is 7.69. The van der Waals surface area contributed by atoms with Crippen molar-refractivity contribution in [1.82, 2.24) is 0 Å². The number of alkyl halides is 2. The Bertz CT molecular complexity index is 357. The van der Waals surface area contributed by atoms with E-state index in [9.17, 15) is 8.78 Å². The minimum Gasteiger partial charge on any atom is -0.504 e. The van der Waals surface area contributed by atoms with Crippen LogP contribution in [-0.4, -0.2) is 27.8 Å². The summed E-state index contributed by atoms with van der Waals surface area (Å²) >= 11 is 0. The van der Waals surface area contributed by atoms with Crippen LogP contribution in [0.25, 0.3) is 0 Å². The minimum atomic E-state index is -3.47. The lowest BCUT2D eigenvalue weighted by Crippen LogP contribution is -2.36. The summed E-state index contributed by atoms with van der Waals surface area (Å²) in [6, 6.07) is 1.42. The Labute approximate surface area is 84.6 Å². The monoisotopic (exact) mass is 219 g/mol. The van der Waals surface area contributed by atoms with Crippen LogP contribution >= 0.6 is 0 Å². The molecule has 0 aliphatic rings. The highest BCUT2D eigenvalue weighted by atomic mass is 19.3. The van der Waals surface area contributed by atoms with Gasteiger partial charge in [-0.3, -0.25) is 0 Å². The quantitative estimate of drug-likeness (QED) is 0.564. The van der Waals surface area contributed by atoms with Gasteiger partial charge in [0.05, 0.1) is 6.04 Å². The minimum absolute atomic E-state index is 0.0654. The van der Waals surface area contributed by atoms with Gasteiger partial charge in [0, 0.05) is 0 Å². The van der Waals surface area contributed by atoms with Gasteiger partial charge in [0.1, 0.15) is 6.61 Å². The molecule has 0 fully saturated rings. The third-order valence-corrected chi connectivity index (χ3v) is 2.02. The normalized spacial score (nSPS) is 13.9. The molecular formula is C9H11F2NO3. The Hall–Kier alpha value is -1.40. The van der Waals surface area contributed by atoms with Gasteiger partial charge in [-0.1, -0.05) is 6.07 Å². The van der Waals surface area contributed by atoms with Crippen molar-refractivity contribution in [3.05, 3.63) is 23.8 Å². The fourth-order valence-corrected chi connectivity index (χ4v) is 1.08. The van der Waals surface area contributed by atoms with Crippen molar-refractivity contribution in [2.45, 2.75) is 12.0 Å². The van der Waals surface area contributed by atoms with Crippen molar-refractivity contribution in [1.29, 1.82) is 0 Å². The smallest absolute Gasteiger partial charge is 0.289 e. The molecule has 84 valence electrons. The SMILES string of the molecule is N[C@H](c1ccc(O)c(O)c1)C(F)(F)CO. The Morgan fingerprint density at radius 3 is 2.33 bits per heavy atom. The molecule has 15 heavy (non-hydrogen) atoms. The van der Waals surface area contributed by atoms with E-state index in [-0.39, 0.29) is 5.56 Å². The lowest BCUT2D eigenvalue weighted by atomic mass is 10.0. The third-order valence-electron chi connectivity index (χ3n) is 2.02. The molecule has 0 radical (unpaired) electrons. The van der Waals surface area contributed by atoms with Crippen LogP contribution < -0.4 is 5.73 Å². The second-order valence-electron chi connectivity index (χ2n) is 3.14.